The quantitative estimate of drug-likeness (QED) is 0.727. The van der Waals surface area contributed by atoms with Gasteiger partial charge in [0.05, 0.1) is 5.60 Å². The van der Waals surface area contributed by atoms with Crippen molar-refractivity contribution < 1.29 is 4.74 Å². The lowest BCUT2D eigenvalue weighted by atomic mass is 9.65. The summed E-state index contributed by atoms with van der Waals surface area (Å²) < 4.78 is 6.22. The lowest BCUT2D eigenvalue weighted by Crippen LogP contribution is -2.58. The van der Waals surface area contributed by atoms with E-state index in [1.54, 1.807) is 0 Å². The molecular weight excluding hydrogens is 258 g/mol. The molecule has 21 heavy (non-hydrogen) atoms. The maximum atomic E-state index is 6.22. The van der Waals surface area contributed by atoms with Crippen LogP contribution in [0.25, 0.3) is 0 Å². The third kappa shape index (κ3) is 4.22. The number of likely N-dealkylation sites (N-methyl/N-ethyl adjacent to an activating group) is 1. The summed E-state index contributed by atoms with van der Waals surface area (Å²) in [6.07, 6.45) is 13.5. The maximum absolute atomic E-state index is 6.22. The van der Waals surface area contributed by atoms with E-state index in [9.17, 15) is 0 Å². The first-order chi connectivity index (χ1) is 10.0. The summed E-state index contributed by atoms with van der Waals surface area (Å²) in [5, 5.41) is 3.84. The first-order valence-electron chi connectivity index (χ1n) is 9.31. The number of nitrogens with one attached hydrogen (secondary N) is 1. The molecule has 2 saturated carbocycles. The second-order valence-electron chi connectivity index (χ2n) is 8.22. The van der Waals surface area contributed by atoms with Gasteiger partial charge < -0.3 is 10.1 Å². The Hall–Kier alpha value is -0.0800. The fourth-order valence-corrected chi connectivity index (χ4v) is 4.64. The highest BCUT2D eigenvalue weighted by molar-refractivity contribution is 5.01. The molecule has 1 atom stereocenters. The summed E-state index contributed by atoms with van der Waals surface area (Å²) in [5.41, 5.74) is 0.586. The van der Waals surface area contributed by atoms with E-state index in [4.69, 9.17) is 4.74 Å². The Morgan fingerprint density at radius 2 is 1.57 bits per heavy atom. The molecule has 2 rings (SSSR count). The molecule has 0 aliphatic heterocycles. The van der Waals surface area contributed by atoms with Gasteiger partial charge in [0.1, 0.15) is 0 Å². The van der Waals surface area contributed by atoms with Crippen molar-refractivity contribution in [3.63, 3.8) is 0 Å². The zero-order chi connectivity index (χ0) is 15.3. The highest BCUT2D eigenvalue weighted by Crippen LogP contribution is 2.46. The van der Waals surface area contributed by atoms with E-state index >= 15 is 0 Å². The molecule has 0 bridgehead atoms. The average molecular weight is 296 g/mol. The van der Waals surface area contributed by atoms with Gasteiger partial charge in [0.15, 0.2) is 0 Å². The smallest absolute Gasteiger partial charge is 0.0834 e. The van der Waals surface area contributed by atoms with Crippen molar-refractivity contribution in [2.75, 3.05) is 13.7 Å². The van der Waals surface area contributed by atoms with Crippen LogP contribution >= 0.6 is 0 Å². The molecule has 2 fully saturated rings. The largest absolute Gasteiger partial charge is 0.377 e. The van der Waals surface area contributed by atoms with Gasteiger partial charge in [0.25, 0.3) is 0 Å². The van der Waals surface area contributed by atoms with Crippen LogP contribution in [0.5, 0.6) is 0 Å². The summed E-state index contributed by atoms with van der Waals surface area (Å²) in [5.74, 6) is 0.814. The lowest BCUT2D eigenvalue weighted by molar-refractivity contribution is -0.0998. The summed E-state index contributed by atoms with van der Waals surface area (Å²) in [7, 11) is 1.96. The molecule has 2 nitrogen and oxygen atoms in total. The molecule has 2 aliphatic rings. The van der Waals surface area contributed by atoms with Crippen LogP contribution in [0.1, 0.15) is 85.0 Å². The van der Waals surface area contributed by atoms with Crippen LogP contribution in [0.3, 0.4) is 0 Å². The predicted octanol–water partition coefficient (Wildman–Crippen LogP) is 4.92. The van der Waals surface area contributed by atoms with Crippen LogP contribution in [-0.2, 0) is 4.74 Å². The van der Waals surface area contributed by atoms with Crippen molar-refractivity contribution in [1.82, 2.24) is 5.32 Å². The van der Waals surface area contributed by atoms with Crippen molar-refractivity contribution in [3.8, 4) is 0 Å². The van der Waals surface area contributed by atoms with Crippen LogP contribution < -0.4 is 5.32 Å². The molecular formula is C19H37NO. The van der Waals surface area contributed by atoms with Gasteiger partial charge in [-0.1, -0.05) is 46.5 Å². The molecule has 1 unspecified atom stereocenters. The topological polar surface area (TPSA) is 21.3 Å². The van der Waals surface area contributed by atoms with Crippen molar-refractivity contribution in [3.05, 3.63) is 0 Å². The van der Waals surface area contributed by atoms with Crippen LogP contribution in [0.15, 0.2) is 0 Å². The van der Waals surface area contributed by atoms with Gasteiger partial charge in [-0.2, -0.15) is 0 Å². The molecule has 0 amide bonds. The number of rotatable bonds is 5. The molecule has 0 saturated heterocycles. The molecule has 0 radical (unpaired) electrons. The molecule has 0 aromatic carbocycles. The van der Waals surface area contributed by atoms with Crippen LogP contribution in [-0.4, -0.2) is 25.3 Å². The Morgan fingerprint density at radius 1 is 1.00 bits per heavy atom. The first-order valence-corrected chi connectivity index (χ1v) is 9.31. The highest BCUT2D eigenvalue weighted by Gasteiger charge is 2.46. The van der Waals surface area contributed by atoms with Gasteiger partial charge in [-0.25, -0.2) is 0 Å². The number of methoxy groups -OCH3 is 1. The van der Waals surface area contributed by atoms with E-state index in [1.807, 2.05) is 7.11 Å². The molecule has 2 aliphatic carbocycles. The minimum absolute atomic E-state index is 0.0839. The minimum atomic E-state index is 0.0839. The van der Waals surface area contributed by atoms with Gasteiger partial charge >= 0.3 is 0 Å². The number of ether oxygens (including phenoxy) is 1. The summed E-state index contributed by atoms with van der Waals surface area (Å²) >= 11 is 0. The van der Waals surface area contributed by atoms with E-state index in [1.165, 1.54) is 64.2 Å². The molecule has 0 spiro atoms. The zero-order valence-electron chi connectivity index (χ0n) is 14.8. The monoisotopic (exact) mass is 295 g/mol. The van der Waals surface area contributed by atoms with Crippen molar-refractivity contribution in [1.29, 1.82) is 0 Å². The Labute approximate surface area is 132 Å². The number of hydrogen-bond donors (Lipinski definition) is 1. The van der Waals surface area contributed by atoms with E-state index in [0.717, 1.165) is 12.5 Å². The van der Waals surface area contributed by atoms with Crippen LogP contribution in [0.4, 0.5) is 0 Å². The first kappa shape index (κ1) is 17.3. The van der Waals surface area contributed by atoms with Crippen LogP contribution in [0, 0.1) is 11.3 Å². The molecule has 0 aromatic rings. The Morgan fingerprint density at radius 3 is 2.05 bits per heavy atom. The van der Waals surface area contributed by atoms with Gasteiger partial charge in [0.2, 0.25) is 0 Å². The highest BCUT2D eigenvalue weighted by atomic mass is 16.5. The maximum Gasteiger partial charge on any atom is 0.0834 e. The summed E-state index contributed by atoms with van der Waals surface area (Å²) in [6, 6.07) is 0.557. The van der Waals surface area contributed by atoms with Gasteiger partial charge in [-0.15, -0.1) is 0 Å². The Bertz CT molecular complexity index is 295. The van der Waals surface area contributed by atoms with E-state index in [0.29, 0.717) is 11.5 Å². The summed E-state index contributed by atoms with van der Waals surface area (Å²) in [4.78, 5) is 0. The molecule has 2 heteroatoms. The molecule has 0 aromatic heterocycles. The van der Waals surface area contributed by atoms with Gasteiger partial charge in [-0.3, -0.25) is 0 Å². The fraction of sp³-hybridized carbons (Fsp3) is 1.00. The standard InChI is InChI=1S/C19H37NO/c1-5-20-17(16-10-8-6-7-9-11-16)19(21-4)14-12-18(2,3)13-15-19/h16-17,20H,5-15H2,1-4H3. The minimum Gasteiger partial charge on any atom is -0.377 e. The number of hydrogen-bond acceptors (Lipinski definition) is 2. The average Bonchev–Trinajstić information content (AvgIpc) is 2.75. The van der Waals surface area contributed by atoms with Crippen molar-refractivity contribution in [2.45, 2.75) is 96.6 Å². The van der Waals surface area contributed by atoms with E-state index in [2.05, 4.69) is 26.1 Å². The third-order valence-electron chi connectivity index (χ3n) is 6.22. The second kappa shape index (κ2) is 7.46. The Kier molecular flexibility index (Phi) is 6.14. The predicted molar refractivity (Wildman–Crippen MR) is 90.6 cm³/mol. The van der Waals surface area contributed by atoms with Crippen molar-refractivity contribution >= 4 is 0 Å². The van der Waals surface area contributed by atoms with E-state index in [-0.39, 0.29) is 5.60 Å². The summed E-state index contributed by atoms with van der Waals surface area (Å²) in [6.45, 7) is 8.15. The normalized spacial score (nSPS) is 28.0. The van der Waals surface area contributed by atoms with Crippen molar-refractivity contribution in [2.24, 2.45) is 11.3 Å². The fourth-order valence-electron chi connectivity index (χ4n) is 4.64. The van der Waals surface area contributed by atoms with Gasteiger partial charge in [-0.05, 0) is 56.4 Å². The zero-order valence-corrected chi connectivity index (χ0v) is 14.8. The van der Waals surface area contributed by atoms with Gasteiger partial charge in [0, 0.05) is 13.2 Å². The Balaban J connectivity index is 2.13. The molecule has 124 valence electrons. The second-order valence-corrected chi connectivity index (χ2v) is 8.22. The van der Waals surface area contributed by atoms with E-state index < -0.39 is 0 Å². The SMILES string of the molecule is CCNC(C1CCCCCC1)C1(OC)CCC(C)(C)CC1. The van der Waals surface area contributed by atoms with Crippen LogP contribution in [0.2, 0.25) is 0 Å². The lowest BCUT2D eigenvalue weighted by Gasteiger charge is -2.49. The molecule has 1 N–H and O–H groups in total. The third-order valence-corrected chi connectivity index (χ3v) is 6.22. The molecule has 0 heterocycles.